The number of thioether (sulfide) groups is 1. The summed E-state index contributed by atoms with van der Waals surface area (Å²) >= 11 is 2.94. The van der Waals surface area contributed by atoms with Crippen molar-refractivity contribution in [3.63, 3.8) is 0 Å². The molecule has 1 aliphatic rings. The van der Waals surface area contributed by atoms with Crippen LogP contribution < -0.4 is 10.9 Å². The first kappa shape index (κ1) is 22.1. The minimum atomic E-state index is -0.385. The number of hydrogen-bond donors (Lipinski definition) is 1. The number of ether oxygens (including phenoxy) is 1. The molecule has 4 rings (SSSR count). The number of fused-ring (bicyclic) bond motifs is 3. The third-order valence-electron chi connectivity index (χ3n) is 5.41. The Bertz CT molecular complexity index is 1100. The highest BCUT2D eigenvalue weighted by Crippen LogP contribution is 2.35. The Kier molecular flexibility index (Phi) is 7.14. The molecule has 3 aromatic heterocycles. The number of nitrogens with one attached hydrogen (secondary N) is 1. The summed E-state index contributed by atoms with van der Waals surface area (Å²) in [6.45, 7) is 3.29. The van der Waals surface area contributed by atoms with E-state index < -0.39 is 0 Å². The molecule has 0 radical (unpaired) electrons. The molecule has 1 amide bonds. The van der Waals surface area contributed by atoms with Crippen molar-refractivity contribution in [3.8, 4) is 0 Å². The van der Waals surface area contributed by atoms with Gasteiger partial charge in [0.25, 0.3) is 5.56 Å². The summed E-state index contributed by atoms with van der Waals surface area (Å²) in [6, 6.07) is 3.65. The SMILES string of the molecule is COCCCNC(=O)C(C)Sc1nc2sc3c(c2c(=O)n1Cc1ccco1)CCCC3. The van der Waals surface area contributed by atoms with Crippen LogP contribution in [-0.2, 0) is 28.9 Å². The molecule has 1 atom stereocenters. The number of aromatic nitrogens is 2. The first-order valence-electron chi connectivity index (χ1n) is 10.6. The molecular formula is C22H27N3O4S2. The van der Waals surface area contributed by atoms with E-state index in [-0.39, 0.29) is 16.7 Å². The molecule has 0 saturated heterocycles. The maximum Gasteiger partial charge on any atom is 0.263 e. The Labute approximate surface area is 189 Å². The van der Waals surface area contributed by atoms with E-state index in [0.29, 0.717) is 30.6 Å². The molecule has 0 aromatic carbocycles. The smallest absolute Gasteiger partial charge is 0.263 e. The van der Waals surface area contributed by atoms with E-state index in [9.17, 15) is 9.59 Å². The molecule has 0 bridgehead atoms. The van der Waals surface area contributed by atoms with Crippen LogP contribution in [0.3, 0.4) is 0 Å². The highest BCUT2D eigenvalue weighted by Gasteiger charge is 2.24. The topological polar surface area (TPSA) is 86.4 Å². The average Bonchev–Trinajstić information content (AvgIpc) is 3.41. The van der Waals surface area contributed by atoms with Crippen molar-refractivity contribution in [2.24, 2.45) is 0 Å². The van der Waals surface area contributed by atoms with Gasteiger partial charge in [-0.3, -0.25) is 14.2 Å². The van der Waals surface area contributed by atoms with E-state index >= 15 is 0 Å². The van der Waals surface area contributed by atoms with Crippen molar-refractivity contribution in [2.75, 3.05) is 20.3 Å². The van der Waals surface area contributed by atoms with Crippen molar-refractivity contribution in [2.45, 2.75) is 56.0 Å². The summed E-state index contributed by atoms with van der Waals surface area (Å²) in [6.07, 6.45) is 6.56. The Balaban J connectivity index is 1.66. The molecule has 166 valence electrons. The van der Waals surface area contributed by atoms with Gasteiger partial charge in [-0.05, 0) is 56.7 Å². The Hall–Kier alpha value is -2.10. The van der Waals surface area contributed by atoms with Gasteiger partial charge in [0.1, 0.15) is 10.6 Å². The highest BCUT2D eigenvalue weighted by atomic mass is 32.2. The van der Waals surface area contributed by atoms with Gasteiger partial charge in [0.15, 0.2) is 5.16 Å². The zero-order valence-corrected chi connectivity index (χ0v) is 19.4. The van der Waals surface area contributed by atoms with Crippen molar-refractivity contribution in [3.05, 3.63) is 45.0 Å². The number of carbonyl (C=O) groups is 1. The molecule has 3 heterocycles. The lowest BCUT2D eigenvalue weighted by atomic mass is 9.97. The molecule has 3 aromatic rings. The molecule has 1 unspecified atom stereocenters. The van der Waals surface area contributed by atoms with Crippen LogP contribution in [0, 0.1) is 0 Å². The van der Waals surface area contributed by atoms with E-state index in [1.165, 1.54) is 16.6 Å². The number of furan rings is 1. The lowest BCUT2D eigenvalue weighted by Crippen LogP contribution is -2.33. The van der Waals surface area contributed by atoms with E-state index in [4.69, 9.17) is 14.1 Å². The lowest BCUT2D eigenvalue weighted by molar-refractivity contribution is -0.120. The van der Waals surface area contributed by atoms with Crippen molar-refractivity contribution >= 4 is 39.2 Å². The van der Waals surface area contributed by atoms with Gasteiger partial charge in [-0.25, -0.2) is 4.98 Å². The number of carbonyl (C=O) groups excluding carboxylic acids is 1. The Morgan fingerprint density at radius 3 is 3.03 bits per heavy atom. The van der Waals surface area contributed by atoms with Gasteiger partial charge >= 0.3 is 0 Å². The molecule has 0 aliphatic heterocycles. The zero-order valence-electron chi connectivity index (χ0n) is 17.8. The highest BCUT2D eigenvalue weighted by molar-refractivity contribution is 8.00. The van der Waals surface area contributed by atoms with E-state index in [0.717, 1.165) is 47.9 Å². The minimum absolute atomic E-state index is 0.0454. The number of amides is 1. The number of methoxy groups -OCH3 is 1. The Morgan fingerprint density at radius 2 is 2.26 bits per heavy atom. The predicted molar refractivity (Wildman–Crippen MR) is 123 cm³/mol. The molecule has 0 saturated carbocycles. The van der Waals surface area contributed by atoms with Crippen LogP contribution in [-0.4, -0.2) is 41.0 Å². The molecular weight excluding hydrogens is 434 g/mol. The standard InChI is InChI=1S/C22H27N3O4S2/c1-14(19(26)23-10-6-11-28-2)30-22-24-20-18(16-8-3-4-9-17(16)31-20)21(27)25(22)13-15-7-5-12-29-15/h5,7,12,14H,3-4,6,8-11,13H2,1-2H3,(H,23,26). The van der Waals surface area contributed by atoms with Crippen molar-refractivity contribution in [1.82, 2.24) is 14.9 Å². The van der Waals surface area contributed by atoms with Gasteiger partial charge in [0.2, 0.25) is 5.91 Å². The number of thiophene rings is 1. The summed E-state index contributed by atoms with van der Waals surface area (Å²) in [5, 5.41) is 3.83. The molecule has 0 fully saturated rings. The van der Waals surface area contributed by atoms with Crippen LogP contribution in [0.15, 0.2) is 32.8 Å². The summed E-state index contributed by atoms with van der Waals surface area (Å²) < 4.78 is 12.2. The first-order chi connectivity index (χ1) is 15.1. The van der Waals surface area contributed by atoms with Crippen LogP contribution in [0.1, 0.15) is 42.4 Å². The zero-order chi connectivity index (χ0) is 21.8. The summed E-state index contributed by atoms with van der Waals surface area (Å²) in [5.74, 6) is 0.608. The van der Waals surface area contributed by atoms with Crippen LogP contribution in [0.5, 0.6) is 0 Å². The van der Waals surface area contributed by atoms with Gasteiger partial charge in [0.05, 0.1) is 23.4 Å². The van der Waals surface area contributed by atoms with Gasteiger partial charge < -0.3 is 14.5 Å². The van der Waals surface area contributed by atoms with Crippen molar-refractivity contribution < 1.29 is 13.9 Å². The summed E-state index contributed by atoms with van der Waals surface area (Å²) in [4.78, 5) is 33.0. The van der Waals surface area contributed by atoms with Crippen molar-refractivity contribution in [1.29, 1.82) is 0 Å². The fourth-order valence-corrected chi connectivity index (χ4v) is 6.03. The minimum Gasteiger partial charge on any atom is -0.467 e. The fourth-order valence-electron chi connectivity index (χ4n) is 3.79. The molecule has 1 aliphatic carbocycles. The maximum atomic E-state index is 13.6. The van der Waals surface area contributed by atoms with Crippen LogP contribution in [0.25, 0.3) is 10.2 Å². The number of aryl methyl sites for hydroxylation is 2. The quantitative estimate of drug-likeness (QED) is 0.298. The van der Waals surface area contributed by atoms with E-state index in [1.54, 1.807) is 29.3 Å². The van der Waals surface area contributed by atoms with Crippen LogP contribution in [0.4, 0.5) is 0 Å². The third-order valence-corrected chi connectivity index (χ3v) is 7.69. The van der Waals surface area contributed by atoms with Gasteiger partial charge in [-0.2, -0.15) is 0 Å². The summed E-state index contributed by atoms with van der Waals surface area (Å²) in [5.41, 5.74) is 1.12. The first-order valence-corrected chi connectivity index (χ1v) is 12.3. The van der Waals surface area contributed by atoms with Crippen LogP contribution >= 0.6 is 23.1 Å². The summed E-state index contributed by atoms with van der Waals surface area (Å²) in [7, 11) is 1.64. The van der Waals surface area contributed by atoms with Gasteiger partial charge in [-0.15, -0.1) is 11.3 Å². The maximum absolute atomic E-state index is 13.6. The predicted octanol–water partition coefficient (Wildman–Crippen LogP) is 3.61. The second-order valence-corrected chi connectivity index (χ2v) is 10.0. The molecule has 31 heavy (non-hydrogen) atoms. The van der Waals surface area contributed by atoms with Gasteiger partial charge in [-0.1, -0.05) is 11.8 Å². The third kappa shape index (κ3) is 4.88. The largest absolute Gasteiger partial charge is 0.467 e. The molecule has 0 spiro atoms. The molecule has 9 heteroatoms. The normalized spacial score (nSPS) is 14.5. The second-order valence-electron chi connectivity index (χ2n) is 7.65. The fraction of sp³-hybridized carbons (Fsp3) is 0.500. The Morgan fingerprint density at radius 1 is 1.42 bits per heavy atom. The average molecular weight is 462 g/mol. The molecule has 1 N–H and O–H groups in total. The van der Waals surface area contributed by atoms with Gasteiger partial charge in [0, 0.05) is 25.1 Å². The van der Waals surface area contributed by atoms with E-state index in [2.05, 4.69) is 5.32 Å². The second kappa shape index (κ2) is 10.0. The number of nitrogens with zero attached hydrogens (tertiary/aromatic N) is 2. The lowest BCUT2D eigenvalue weighted by Gasteiger charge is -2.16. The number of rotatable bonds is 9. The number of hydrogen-bond acceptors (Lipinski definition) is 7. The van der Waals surface area contributed by atoms with E-state index in [1.807, 2.05) is 19.1 Å². The van der Waals surface area contributed by atoms with Crippen LogP contribution in [0.2, 0.25) is 0 Å². The monoisotopic (exact) mass is 461 g/mol. The molecule has 7 nitrogen and oxygen atoms in total.